The molecule has 2 N–H and O–H groups in total. The van der Waals surface area contributed by atoms with Crippen LogP contribution in [0, 0.1) is 0 Å². The highest BCUT2D eigenvalue weighted by molar-refractivity contribution is 9.10. The van der Waals surface area contributed by atoms with Crippen LogP contribution in [-0.4, -0.2) is 38.0 Å². The molecule has 0 fully saturated rings. The summed E-state index contributed by atoms with van der Waals surface area (Å²) >= 11 is 9.42. The lowest BCUT2D eigenvalue weighted by Crippen LogP contribution is -2.30. The maximum absolute atomic E-state index is 9.82. The van der Waals surface area contributed by atoms with E-state index in [2.05, 4.69) is 21.2 Å². The van der Waals surface area contributed by atoms with Gasteiger partial charge in [0.05, 0.1) is 12.7 Å². The maximum Gasteiger partial charge on any atom is 0.0705 e. The first-order chi connectivity index (χ1) is 8.13. The van der Waals surface area contributed by atoms with E-state index in [-0.39, 0.29) is 0 Å². The van der Waals surface area contributed by atoms with E-state index in [4.69, 9.17) is 16.3 Å². The lowest BCUT2D eigenvalue weighted by molar-refractivity contribution is 0.160. The highest BCUT2D eigenvalue weighted by atomic mass is 79.9. The van der Waals surface area contributed by atoms with Crippen LogP contribution in [0.4, 0.5) is 0 Å². The number of aliphatic hydroxyl groups is 1. The van der Waals surface area contributed by atoms with Gasteiger partial charge in [-0.2, -0.15) is 0 Å². The van der Waals surface area contributed by atoms with Crippen molar-refractivity contribution < 1.29 is 9.84 Å². The van der Waals surface area contributed by atoms with Crippen LogP contribution >= 0.6 is 27.5 Å². The van der Waals surface area contributed by atoms with E-state index in [1.807, 2.05) is 18.2 Å². The second kappa shape index (κ2) is 8.06. The van der Waals surface area contributed by atoms with Gasteiger partial charge in [0.25, 0.3) is 0 Å². The SMILES string of the molecule is COCCNCC(O)Cc1ccc(Br)cc1Cl. The summed E-state index contributed by atoms with van der Waals surface area (Å²) < 4.78 is 5.85. The Balaban J connectivity index is 2.37. The van der Waals surface area contributed by atoms with Crippen molar-refractivity contribution in [1.29, 1.82) is 0 Å². The lowest BCUT2D eigenvalue weighted by Gasteiger charge is -2.12. The van der Waals surface area contributed by atoms with Crippen LogP contribution in [0.15, 0.2) is 22.7 Å². The fourth-order valence-corrected chi connectivity index (χ4v) is 2.21. The molecular weight excluding hydrogens is 305 g/mol. The van der Waals surface area contributed by atoms with E-state index in [1.54, 1.807) is 7.11 Å². The third-order valence-electron chi connectivity index (χ3n) is 2.33. The molecule has 5 heteroatoms. The predicted octanol–water partition coefficient (Wildman–Crippen LogP) is 2.24. The number of methoxy groups -OCH3 is 1. The first-order valence-electron chi connectivity index (χ1n) is 5.45. The summed E-state index contributed by atoms with van der Waals surface area (Å²) in [4.78, 5) is 0. The monoisotopic (exact) mass is 321 g/mol. The third kappa shape index (κ3) is 5.84. The Morgan fingerprint density at radius 3 is 2.94 bits per heavy atom. The van der Waals surface area contributed by atoms with Crippen molar-refractivity contribution in [3.8, 4) is 0 Å². The summed E-state index contributed by atoms with van der Waals surface area (Å²) in [6.45, 7) is 1.92. The van der Waals surface area contributed by atoms with Crippen molar-refractivity contribution in [2.75, 3.05) is 26.8 Å². The summed E-state index contributed by atoms with van der Waals surface area (Å²) in [5.41, 5.74) is 0.955. The van der Waals surface area contributed by atoms with Crippen molar-refractivity contribution in [3.05, 3.63) is 33.3 Å². The van der Waals surface area contributed by atoms with Gasteiger partial charge in [-0.1, -0.05) is 33.6 Å². The van der Waals surface area contributed by atoms with Gasteiger partial charge in [0.1, 0.15) is 0 Å². The normalized spacial score (nSPS) is 12.7. The number of halogens is 2. The number of benzene rings is 1. The standard InChI is InChI=1S/C12H17BrClNO2/c1-17-5-4-15-8-11(16)6-9-2-3-10(13)7-12(9)14/h2-3,7,11,15-16H,4-6,8H2,1H3. The summed E-state index contributed by atoms with van der Waals surface area (Å²) in [5.74, 6) is 0. The minimum Gasteiger partial charge on any atom is -0.391 e. The van der Waals surface area contributed by atoms with E-state index >= 15 is 0 Å². The highest BCUT2D eigenvalue weighted by Gasteiger charge is 2.08. The van der Waals surface area contributed by atoms with Crippen molar-refractivity contribution in [2.45, 2.75) is 12.5 Å². The van der Waals surface area contributed by atoms with Gasteiger partial charge in [-0.25, -0.2) is 0 Å². The van der Waals surface area contributed by atoms with Gasteiger partial charge < -0.3 is 15.2 Å². The Bertz CT molecular complexity index is 349. The van der Waals surface area contributed by atoms with E-state index in [0.717, 1.165) is 16.6 Å². The summed E-state index contributed by atoms with van der Waals surface area (Å²) in [5, 5.41) is 13.6. The third-order valence-corrected chi connectivity index (χ3v) is 3.18. The van der Waals surface area contributed by atoms with E-state index in [9.17, 15) is 5.11 Å². The minimum absolute atomic E-state index is 0.439. The first kappa shape index (κ1) is 14.9. The number of rotatable bonds is 7. The minimum atomic E-state index is -0.439. The van der Waals surface area contributed by atoms with Crippen molar-refractivity contribution >= 4 is 27.5 Å². The Kier molecular flexibility index (Phi) is 7.08. The van der Waals surface area contributed by atoms with Gasteiger partial charge in [-0.05, 0) is 17.7 Å². The van der Waals surface area contributed by atoms with Crippen molar-refractivity contribution in [1.82, 2.24) is 5.32 Å². The summed E-state index contributed by atoms with van der Waals surface area (Å²) in [6.07, 6.45) is 0.108. The van der Waals surface area contributed by atoms with Gasteiger partial charge in [-0.3, -0.25) is 0 Å². The molecule has 0 bridgehead atoms. The van der Waals surface area contributed by atoms with Gasteiger partial charge in [0.2, 0.25) is 0 Å². The topological polar surface area (TPSA) is 41.5 Å². The van der Waals surface area contributed by atoms with Crippen LogP contribution in [0.5, 0.6) is 0 Å². The molecule has 1 aromatic carbocycles. The second-order valence-corrected chi connectivity index (χ2v) is 5.11. The molecule has 17 heavy (non-hydrogen) atoms. The molecule has 1 rings (SSSR count). The van der Waals surface area contributed by atoms with Crippen LogP contribution in [-0.2, 0) is 11.2 Å². The van der Waals surface area contributed by atoms with Crippen molar-refractivity contribution in [2.24, 2.45) is 0 Å². The summed E-state index contributed by atoms with van der Waals surface area (Å²) in [6, 6.07) is 5.68. The van der Waals surface area contributed by atoms with Gasteiger partial charge >= 0.3 is 0 Å². The van der Waals surface area contributed by atoms with Crippen LogP contribution < -0.4 is 5.32 Å². The molecule has 1 atom stereocenters. The number of hydrogen-bond acceptors (Lipinski definition) is 3. The molecule has 0 heterocycles. The van der Waals surface area contributed by atoms with Gasteiger partial charge in [0.15, 0.2) is 0 Å². The van der Waals surface area contributed by atoms with Crippen LogP contribution in [0.2, 0.25) is 5.02 Å². The molecule has 1 aromatic rings. The molecule has 0 amide bonds. The Morgan fingerprint density at radius 2 is 2.29 bits per heavy atom. The zero-order chi connectivity index (χ0) is 12.7. The quantitative estimate of drug-likeness (QED) is 0.757. The van der Waals surface area contributed by atoms with Gasteiger partial charge in [-0.15, -0.1) is 0 Å². The van der Waals surface area contributed by atoms with Gasteiger partial charge in [0, 0.05) is 36.1 Å². The molecule has 0 aliphatic rings. The number of aliphatic hydroxyl groups excluding tert-OH is 1. The molecule has 96 valence electrons. The average Bonchev–Trinajstić information content (AvgIpc) is 2.28. The predicted molar refractivity (Wildman–Crippen MR) is 73.6 cm³/mol. The zero-order valence-electron chi connectivity index (χ0n) is 9.75. The van der Waals surface area contributed by atoms with E-state index in [1.165, 1.54) is 0 Å². The smallest absolute Gasteiger partial charge is 0.0705 e. The molecule has 3 nitrogen and oxygen atoms in total. The molecule has 0 aromatic heterocycles. The second-order valence-electron chi connectivity index (χ2n) is 3.79. The Hall–Kier alpha value is -0.130. The molecule has 0 spiro atoms. The molecule has 1 unspecified atom stereocenters. The average molecular weight is 323 g/mol. The molecule has 0 saturated heterocycles. The number of ether oxygens (including phenoxy) is 1. The number of nitrogens with one attached hydrogen (secondary N) is 1. The van der Waals surface area contributed by atoms with Crippen LogP contribution in [0.3, 0.4) is 0 Å². The fraction of sp³-hybridized carbons (Fsp3) is 0.500. The molecular formula is C12H17BrClNO2. The molecule has 0 aliphatic heterocycles. The van der Waals surface area contributed by atoms with Crippen LogP contribution in [0.25, 0.3) is 0 Å². The lowest BCUT2D eigenvalue weighted by atomic mass is 10.1. The largest absolute Gasteiger partial charge is 0.391 e. The number of hydrogen-bond donors (Lipinski definition) is 2. The highest BCUT2D eigenvalue weighted by Crippen LogP contribution is 2.22. The Morgan fingerprint density at radius 1 is 1.53 bits per heavy atom. The van der Waals surface area contributed by atoms with Crippen molar-refractivity contribution in [3.63, 3.8) is 0 Å². The zero-order valence-corrected chi connectivity index (χ0v) is 12.1. The first-order valence-corrected chi connectivity index (χ1v) is 6.62. The molecule has 0 radical (unpaired) electrons. The summed E-state index contributed by atoms with van der Waals surface area (Å²) in [7, 11) is 1.65. The van der Waals surface area contributed by atoms with Crippen LogP contribution in [0.1, 0.15) is 5.56 Å². The molecule has 0 saturated carbocycles. The maximum atomic E-state index is 9.82. The van der Waals surface area contributed by atoms with E-state index < -0.39 is 6.10 Å². The van der Waals surface area contributed by atoms with E-state index in [0.29, 0.717) is 24.6 Å². The Labute approximate surface area is 115 Å². The fourth-order valence-electron chi connectivity index (χ4n) is 1.46. The molecule has 0 aliphatic carbocycles.